The van der Waals surface area contributed by atoms with Crippen LogP contribution in [-0.2, 0) is 0 Å². The number of nitro groups is 1. The second-order valence-corrected chi connectivity index (χ2v) is 5.50. The molecule has 0 saturated carbocycles. The minimum atomic E-state index is -0.587. The Morgan fingerprint density at radius 2 is 2.12 bits per heavy atom. The lowest BCUT2D eigenvalue weighted by Crippen LogP contribution is -1.99. The summed E-state index contributed by atoms with van der Waals surface area (Å²) in [4.78, 5) is 10.7. The Morgan fingerprint density at radius 1 is 1.38 bits per heavy atom. The summed E-state index contributed by atoms with van der Waals surface area (Å²) >= 11 is 5.17. The molecule has 3 rings (SSSR count). The number of aromatic amines is 1. The zero-order valence-electron chi connectivity index (χ0n) is 13.5. The van der Waals surface area contributed by atoms with Crippen molar-refractivity contribution in [3.05, 3.63) is 62.9 Å². The van der Waals surface area contributed by atoms with Crippen molar-refractivity contribution in [2.75, 3.05) is 7.11 Å². The molecule has 0 aliphatic carbocycles. The molecule has 9 nitrogen and oxygen atoms in total. The Balaban J connectivity index is 2.07. The first-order valence-electron chi connectivity index (χ1n) is 7.34. The fourth-order valence-corrected chi connectivity index (χ4v) is 2.47. The predicted octanol–water partition coefficient (Wildman–Crippen LogP) is 3.11. The number of ether oxygens (including phenoxy) is 1. The first-order chi connectivity index (χ1) is 12.5. The maximum Gasteiger partial charge on any atom is 0.282 e. The van der Waals surface area contributed by atoms with Crippen molar-refractivity contribution in [2.24, 2.45) is 5.10 Å². The normalized spacial score (nSPS) is 11.0. The Morgan fingerprint density at radius 3 is 2.77 bits per heavy atom. The molecule has 0 aliphatic heterocycles. The molecule has 10 heteroatoms. The van der Waals surface area contributed by atoms with E-state index in [1.165, 1.54) is 24.1 Å². The number of nitrogens with zero attached hydrogens (tertiary/aromatic N) is 4. The van der Waals surface area contributed by atoms with Crippen LogP contribution in [0.15, 0.2) is 47.6 Å². The maximum absolute atomic E-state index is 11.3. The van der Waals surface area contributed by atoms with Gasteiger partial charge in [-0.1, -0.05) is 30.3 Å². The Hall–Kier alpha value is -3.53. The van der Waals surface area contributed by atoms with Gasteiger partial charge in [0.1, 0.15) is 0 Å². The van der Waals surface area contributed by atoms with Crippen LogP contribution in [0.25, 0.3) is 11.4 Å². The molecule has 1 heterocycles. The first-order valence-corrected chi connectivity index (χ1v) is 7.74. The zero-order valence-corrected chi connectivity index (χ0v) is 14.3. The highest BCUT2D eigenvalue weighted by Gasteiger charge is 2.18. The van der Waals surface area contributed by atoms with Crippen LogP contribution < -0.4 is 4.74 Å². The van der Waals surface area contributed by atoms with Gasteiger partial charge in [-0.2, -0.15) is 14.9 Å². The van der Waals surface area contributed by atoms with Crippen molar-refractivity contribution in [3.63, 3.8) is 0 Å². The fourth-order valence-electron chi connectivity index (χ4n) is 2.29. The molecule has 2 aromatic carbocycles. The molecule has 0 bridgehead atoms. The summed E-state index contributed by atoms with van der Waals surface area (Å²) in [6.07, 6.45) is 1.23. The van der Waals surface area contributed by atoms with Gasteiger partial charge in [0.05, 0.1) is 29.9 Å². The third kappa shape index (κ3) is 3.30. The molecular formula is C16H13N5O4S. The van der Waals surface area contributed by atoms with Crippen LogP contribution in [0.3, 0.4) is 0 Å². The topological polar surface area (TPSA) is 119 Å². The summed E-state index contributed by atoms with van der Waals surface area (Å²) in [6.45, 7) is 0. The summed E-state index contributed by atoms with van der Waals surface area (Å²) in [7, 11) is 1.31. The maximum atomic E-state index is 11.3. The molecule has 0 radical (unpaired) electrons. The number of phenols is 1. The van der Waals surface area contributed by atoms with Gasteiger partial charge in [0.25, 0.3) is 5.69 Å². The lowest BCUT2D eigenvalue weighted by atomic mass is 10.1. The third-order valence-corrected chi connectivity index (χ3v) is 3.78. The predicted molar refractivity (Wildman–Crippen MR) is 97.2 cm³/mol. The summed E-state index contributed by atoms with van der Waals surface area (Å²) < 4.78 is 6.47. The number of nitro benzene ring substituents is 1. The van der Waals surface area contributed by atoms with E-state index in [9.17, 15) is 15.2 Å². The SMILES string of the molecule is COc1cc([N+](=O)[O-])c(/C=N\n2c(-c3ccccc3)n[nH]c2=S)cc1O. The number of nitrogens with one attached hydrogen (secondary N) is 1. The van der Waals surface area contributed by atoms with Crippen molar-refractivity contribution in [2.45, 2.75) is 0 Å². The molecule has 2 N–H and O–H groups in total. The second kappa shape index (κ2) is 7.15. The zero-order chi connectivity index (χ0) is 18.7. The average molecular weight is 371 g/mol. The van der Waals surface area contributed by atoms with E-state index in [1.807, 2.05) is 30.3 Å². The van der Waals surface area contributed by atoms with Gasteiger partial charge in [-0.05, 0) is 18.3 Å². The minimum Gasteiger partial charge on any atom is -0.504 e. The van der Waals surface area contributed by atoms with Crippen LogP contribution >= 0.6 is 12.2 Å². The van der Waals surface area contributed by atoms with E-state index in [0.717, 1.165) is 11.6 Å². The number of methoxy groups -OCH3 is 1. The number of aromatic hydroxyl groups is 1. The highest BCUT2D eigenvalue weighted by molar-refractivity contribution is 7.71. The van der Waals surface area contributed by atoms with E-state index in [4.69, 9.17) is 17.0 Å². The quantitative estimate of drug-likeness (QED) is 0.308. The number of hydrogen-bond acceptors (Lipinski definition) is 7. The van der Waals surface area contributed by atoms with Crippen molar-refractivity contribution in [1.29, 1.82) is 0 Å². The van der Waals surface area contributed by atoms with Gasteiger partial charge in [-0.3, -0.25) is 10.1 Å². The molecule has 0 saturated heterocycles. The largest absolute Gasteiger partial charge is 0.504 e. The Bertz CT molecular complexity index is 1040. The molecule has 0 amide bonds. The van der Waals surface area contributed by atoms with E-state index >= 15 is 0 Å². The third-order valence-electron chi connectivity index (χ3n) is 3.52. The summed E-state index contributed by atoms with van der Waals surface area (Å²) in [5, 5.41) is 32.1. The molecule has 0 atom stereocenters. The van der Waals surface area contributed by atoms with Crippen molar-refractivity contribution in [1.82, 2.24) is 14.9 Å². The number of benzene rings is 2. The molecule has 0 spiro atoms. The summed E-state index contributed by atoms with van der Waals surface area (Å²) in [5.41, 5.74) is 0.596. The van der Waals surface area contributed by atoms with Crippen LogP contribution in [-0.4, -0.2) is 38.2 Å². The standard InChI is InChI=1S/C16H13N5O4S/c1-25-14-8-12(21(23)24)11(7-13(14)22)9-17-20-15(18-19-16(20)26)10-5-3-2-4-6-10/h2-9,22H,1H3,(H,19,26)/b17-9-. The molecule has 0 unspecified atom stereocenters. The van der Waals surface area contributed by atoms with Gasteiger partial charge in [0.15, 0.2) is 17.3 Å². The van der Waals surface area contributed by atoms with Crippen LogP contribution in [0, 0.1) is 14.9 Å². The van der Waals surface area contributed by atoms with Gasteiger partial charge >= 0.3 is 0 Å². The monoisotopic (exact) mass is 371 g/mol. The van der Waals surface area contributed by atoms with Gasteiger partial charge in [0, 0.05) is 5.56 Å². The molecule has 0 aliphatic rings. The van der Waals surface area contributed by atoms with Gasteiger partial charge < -0.3 is 9.84 Å². The van der Waals surface area contributed by atoms with Crippen LogP contribution in [0.1, 0.15) is 5.56 Å². The van der Waals surface area contributed by atoms with Crippen LogP contribution in [0.4, 0.5) is 5.69 Å². The fraction of sp³-hybridized carbons (Fsp3) is 0.0625. The Kier molecular flexibility index (Phi) is 4.76. The Labute approximate surface area is 152 Å². The van der Waals surface area contributed by atoms with Gasteiger partial charge in [-0.25, -0.2) is 5.10 Å². The average Bonchev–Trinajstić information content (AvgIpc) is 3.01. The van der Waals surface area contributed by atoms with Crippen molar-refractivity contribution >= 4 is 24.1 Å². The molecule has 132 valence electrons. The summed E-state index contributed by atoms with van der Waals surface area (Å²) in [5.74, 6) is 0.213. The number of hydrogen-bond donors (Lipinski definition) is 2. The van der Waals surface area contributed by atoms with E-state index < -0.39 is 4.92 Å². The first kappa shape index (κ1) is 17.3. The number of phenolic OH excluding ortho intramolecular Hbond substituents is 1. The highest BCUT2D eigenvalue weighted by atomic mass is 32.1. The lowest BCUT2D eigenvalue weighted by molar-refractivity contribution is -0.385. The van der Waals surface area contributed by atoms with Crippen molar-refractivity contribution in [3.8, 4) is 22.9 Å². The van der Waals surface area contributed by atoms with E-state index in [0.29, 0.717) is 5.82 Å². The lowest BCUT2D eigenvalue weighted by Gasteiger charge is -2.05. The smallest absolute Gasteiger partial charge is 0.282 e. The van der Waals surface area contributed by atoms with Gasteiger partial charge in [-0.15, -0.1) is 0 Å². The molecule has 3 aromatic rings. The van der Waals surface area contributed by atoms with E-state index in [-0.39, 0.29) is 27.5 Å². The van der Waals surface area contributed by atoms with Crippen molar-refractivity contribution < 1.29 is 14.8 Å². The molecule has 26 heavy (non-hydrogen) atoms. The number of aromatic nitrogens is 3. The van der Waals surface area contributed by atoms with Crippen LogP contribution in [0.5, 0.6) is 11.5 Å². The summed E-state index contributed by atoms with van der Waals surface area (Å²) in [6, 6.07) is 11.5. The van der Waals surface area contributed by atoms with E-state index in [1.54, 1.807) is 0 Å². The molecule has 1 aromatic heterocycles. The van der Waals surface area contributed by atoms with Crippen LogP contribution in [0.2, 0.25) is 0 Å². The number of rotatable bonds is 5. The van der Waals surface area contributed by atoms with Gasteiger partial charge in [0.2, 0.25) is 4.77 Å². The number of H-pyrrole nitrogens is 1. The van der Waals surface area contributed by atoms with E-state index in [2.05, 4.69) is 15.3 Å². The second-order valence-electron chi connectivity index (χ2n) is 5.11. The minimum absolute atomic E-state index is 0.00116. The molecular weight excluding hydrogens is 358 g/mol. The molecule has 0 fully saturated rings. The highest BCUT2D eigenvalue weighted by Crippen LogP contribution is 2.32.